The third-order valence-corrected chi connectivity index (χ3v) is 2.42. The molecule has 0 saturated heterocycles. The van der Waals surface area contributed by atoms with Gasteiger partial charge in [-0.2, -0.15) is 5.26 Å². The van der Waals surface area contributed by atoms with E-state index in [1.807, 2.05) is 0 Å². The van der Waals surface area contributed by atoms with Crippen LogP contribution in [0.3, 0.4) is 0 Å². The predicted molar refractivity (Wildman–Crippen MR) is 64.6 cm³/mol. The number of carboxylic acids is 1. The van der Waals surface area contributed by atoms with Crippen LogP contribution >= 0.6 is 0 Å². The number of non-ortho nitro benzene ring substituents is 1. The van der Waals surface area contributed by atoms with Crippen LogP contribution in [0.5, 0.6) is 0 Å². The summed E-state index contributed by atoms with van der Waals surface area (Å²) in [7, 11) is 0. The van der Waals surface area contributed by atoms with Crippen LogP contribution < -0.4 is 5.32 Å². The Kier molecular flexibility index (Phi) is 4.04. The van der Waals surface area contributed by atoms with Gasteiger partial charge in [0.25, 0.3) is 5.69 Å². The lowest BCUT2D eigenvalue weighted by molar-refractivity contribution is -0.384. The molecule has 0 aliphatic carbocycles. The van der Waals surface area contributed by atoms with E-state index in [0.29, 0.717) is 0 Å². The number of rotatable bonds is 5. The molecule has 0 aromatic heterocycles. The van der Waals surface area contributed by atoms with Gasteiger partial charge in [0, 0.05) is 12.1 Å². The van der Waals surface area contributed by atoms with Gasteiger partial charge in [-0.1, -0.05) is 0 Å². The molecule has 100 valence electrons. The molecule has 1 aromatic carbocycles. The first-order chi connectivity index (χ1) is 8.77. The highest BCUT2D eigenvalue weighted by atomic mass is 16.6. The van der Waals surface area contributed by atoms with E-state index < -0.39 is 16.5 Å². The first kappa shape index (κ1) is 14.4. The van der Waals surface area contributed by atoms with Crippen LogP contribution in [-0.4, -0.2) is 33.3 Å². The summed E-state index contributed by atoms with van der Waals surface area (Å²) in [6.07, 6.45) is 0. The molecule has 19 heavy (non-hydrogen) atoms. The number of aliphatic hydroxyl groups is 1. The van der Waals surface area contributed by atoms with Crippen molar-refractivity contribution in [3.8, 4) is 6.07 Å². The average Bonchev–Trinajstić information content (AvgIpc) is 2.35. The van der Waals surface area contributed by atoms with Crippen molar-refractivity contribution >= 4 is 17.3 Å². The predicted octanol–water partition coefficient (Wildman–Crippen LogP) is 0.714. The number of nitriles is 1. The molecule has 8 heteroatoms. The molecular formula is C11H11N3O5. The number of nitro groups is 1. The largest absolute Gasteiger partial charge is 0.479 e. The number of nitrogens with zero attached hydrogens (tertiary/aromatic N) is 2. The van der Waals surface area contributed by atoms with E-state index in [9.17, 15) is 20.0 Å². The zero-order valence-corrected chi connectivity index (χ0v) is 9.95. The molecule has 0 aliphatic heterocycles. The number of carboxylic acid groups (broad SMARTS) is 1. The summed E-state index contributed by atoms with van der Waals surface area (Å²) in [5.41, 5.74) is -2.04. The Balaban J connectivity index is 2.94. The highest BCUT2D eigenvalue weighted by molar-refractivity contribution is 5.77. The summed E-state index contributed by atoms with van der Waals surface area (Å²) < 4.78 is 0. The van der Waals surface area contributed by atoms with Crippen LogP contribution in [-0.2, 0) is 4.79 Å². The van der Waals surface area contributed by atoms with Crippen molar-refractivity contribution in [2.45, 2.75) is 12.5 Å². The van der Waals surface area contributed by atoms with Crippen molar-refractivity contribution in [1.29, 1.82) is 5.26 Å². The number of benzene rings is 1. The number of anilines is 1. The van der Waals surface area contributed by atoms with Crippen molar-refractivity contribution < 1.29 is 19.9 Å². The molecule has 8 nitrogen and oxygen atoms in total. The second kappa shape index (κ2) is 5.32. The molecule has 0 aliphatic rings. The van der Waals surface area contributed by atoms with Crippen molar-refractivity contribution in [3.63, 3.8) is 0 Å². The summed E-state index contributed by atoms with van der Waals surface area (Å²) in [6.45, 7) is 0.759. The van der Waals surface area contributed by atoms with Crippen LogP contribution in [0.4, 0.5) is 11.4 Å². The zero-order valence-electron chi connectivity index (χ0n) is 9.95. The maximum absolute atomic E-state index is 10.7. The maximum atomic E-state index is 10.7. The van der Waals surface area contributed by atoms with E-state index in [4.69, 9.17) is 10.4 Å². The normalized spacial score (nSPS) is 13.1. The lowest BCUT2D eigenvalue weighted by Gasteiger charge is -2.19. The minimum atomic E-state index is -2.01. The summed E-state index contributed by atoms with van der Waals surface area (Å²) >= 11 is 0. The molecule has 1 rings (SSSR count). The van der Waals surface area contributed by atoms with E-state index in [0.717, 1.165) is 13.0 Å². The van der Waals surface area contributed by atoms with Crippen LogP contribution in [0.25, 0.3) is 0 Å². The fourth-order valence-electron chi connectivity index (χ4n) is 1.24. The van der Waals surface area contributed by atoms with Gasteiger partial charge in [-0.15, -0.1) is 0 Å². The van der Waals surface area contributed by atoms with Gasteiger partial charge in [0.05, 0.1) is 22.7 Å². The Bertz CT molecular complexity index is 562. The maximum Gasteiger partial charge on any atom is 0.337 e. The van der Waals surface area contributed by atoms with Gasteiger partial charge in [-0.3, -0.25) is 10.1 Å². The van der Waals surface area contributed by atoms with Gasteiger partial charge in [0.15, 0.2) is 5.60 Å². The van der Waals surface area contributed by atoms with Crippen molar-refractivity contribution in [2.75, 3.05) is 11.9 Å². The van der Waals surface area contributed by atoms with E-state index in [-0.39, 0.29) is 23.5 Å². The van der Waals surface area contributed by atoms with Gasteiger partial charge in [-0.25, -0.2) is 4.79 Å². The molecule has 1 aromatic rings. The number of hydrogen-bond acceptors (Lipinski definition) is 6. The Morgan fingerprint density at radius 3 is 2.74 bits per heavy atom. The van der Waals surface area contributed by atoms with Gasteiger partial charge < -0.3 is 15.5 Å². The average molecular weight is 265 g/mol. The number of carbonyl (C=O) groups is 1. The molecule has 0 bridgehead atoms. The van der Waals surface area contributed by atoms with Gasteiger partial charge >= 0.3 is 5.97 Å². The van der Waals surface area contributed by atoms with Gasteiger partial charge in [0.2, 0.25) is 0 Å². The molecule has 0 spiro atoms. The quantitative estimate of drug-likeness (QED) is 0.526. The fourth-order valence-corrected chi connectivity index (χ4v) is 1.24. The summed E-state index contributed by atoms with van der Waals surface area (Å²) in [5.74, 6) is -1.42. The lowest BCUT2D eigenvalue weighted by Crippen LogP contribution is -2.41. The zero-order chi connectivity index (χ0) is 14.6. The molecule has 0 fully saturated rings. The van der Waals surface area contributed by atoms with Crippen LogP contribution in [0.1, 0.15) is 12.5 Å². The summed E-state index contributed by atoms with van der Waals surface area (Å²) in [5, 5.41) is 40.2. The Morgan fingerprint density at radius 1 is 1.63 bits per heavy atom. The lowest BCUT2D eigenvalue weighted by atomic mass is 10.1. The highest BCUT2D eigenvalue weighted by Gasteiger charge is 2.29. The minimum Gasteiger partial charge on any atom is -0.479 e. The Morgan fingerprint density at radius 2 is 2.26 bits per heavy atom. The van der Waals surface area contributed by atoms with Crippen LogP contribution in [0, 0.1) is 21.4 Å². The second-order valence-electron chi connectivity index (χ2n) is 4.03. The topological polar surface area (TPSA) is 136 Å². The summed E-state index contributed by atoms with van der Waals surface area (Å²) in [6, 6.07) is 5.29. The molecule has 0 amide bonds. The van der Waals surface area contributed by atoms with Crippen LogP contribution in [0.2, 0.25) is 0 Å². The third-order valence-electron chi connectivity index (χ3n) is 2.42. The smallest absolute Gasteiger partial charge is 0.337 e. The Hall–Kier alpha value is -2.66. The Labute approximate surface area is 108 Å². The number of nitrogens with one attached hydrogen (secondary N) is 1. The van der Waals surface area contributed by atoms with E-state index in [1.54, 1.807) is 6.07 Å². The molecule has 0 saturated carbocycles. The van der Waals surface area contributed by atoms with Gasteiger partial charge in [0.1, 0.15) is 6.07 Å². The fraction of sp³-hybridized carbons (Fsp3) is 0.273. The molecule has 0 heterocycles. The monoisotopic (exact) mass is 265 g/mol. The first-order valence-corrected chi connectivity index (χ1v) is 5.16. The van der Waals surface area contributed by atoms with E-state index in [2.05, 4.69) is 5.32 Å². The standard InChI is InChI=1S/C11H11N3O5/c1-11(17,10(15)16)6-13-9-3-2-8(14(18)19)4-7(9)5-12/h2-4,13,17H,6H2,1H3,(H,15,16). The van der Waals surface area contributed by atoms with Gasteiger partial charge in [-0.05, 0) is 13.0 Å². The minimum absolute atomic E-state index is 0.00427. The third kappa shape index (κ3) is 3.40. The van der Waals surface area contributed by atoms with E-state index in [1.165, 1.54) is 12.1 Å². The molecule has 1 unspecified atom stereocenters. The highest BCUT2D eigenvalue weighted by Crippen LogP contribution is 2.22. The molecular weight excluding hydrogens is 254 g/mol. The van der Waals surface area contributed by atoms with Crippen LogP contribution in [0.15, 0.2) is 18.2 Å². The van der Waals surface area contributed by atoms with E-state index >= 15 is 0 Å². The second-order valence-corrected chi connectivity index (χ2v) is 4.03. The molecule has 1 atom stereocenters. The SMILES string of the molecule is CC(O)(CNc1ccc([N+](=O)[O-])cc1C#N)C(=O)O. The molecule has 3 N–H and O–H groups in total. The first-order valence-electron chi connectivity index (χ1n) is 5.16. The molecule has 0 radical (unpaired) electrons. The summed E-state index contributed by atoms with van der Waals surface area (Å²) in [4.78, 5) is 20.6. The van der Waals surface area contributed by atoms with Crippen molar-refractivity contribution in [3.05, 3.63) is 33.9 Å². The van der Waals surface area contributed by atoms with Crippen molar-refractivity contribution in [2.24, 2.45) is 0 Å². The van der Waals surface area contributed by atoms with Crippen molar-refractivity contribution in [1.82, 2.24) is 0 Å². The number of nitro benzene ring substituents is 1. The number of aliphatic carboxylic acids is 1. The number of hydrogen-bond donors (Lipinski definition) is 3.